The van der Waals surface area contributed by atoms with Gasteiger partial charge in [0.25, 0.3) is 5.56 Å². The quantitative estimate of drug-likeness (QED) is 0.883. The van der Waals surface area contributed by atoms with Gasteiger partial charge in [0.2, 0.25) is 11.8 Å². The largest absolute Gasteiger partial charge is 0.384 e. The zero-order chi connectivity index (χ0) is 17.3. The van der Waals surface area contributed by atoms with Crippen molar-refractivity contribution in [2.45, 2.75) is 32.2 Å². The molecule has 0 aromatic carbocycles. The van der Waals surface area contributed by atoms with Gasteiger partial charge in [-0.15, -0.1) is 0 Å². The minimum absolute atomic E-state index is 0.0857. The Morgan fingerprint density at radius 1 is 1.29 bits per heavy atom. The first kappa shape index (κ1) is 16.7. The monoisotopic (exact) mass is 333 g/mol. The molecule has 7 heteroatoms. The number of rotatable bonds is 4. The lowest BCUT2D eigenvalue weighted by Gasteiger charge is -2.42. The van der Waals surface area contributed by atoms with Gasteiger partial charge in [-0.3, -0.25) is 14.4 Å². The third-order valence-electron chi connectivity index (χ3n) is 4.86. The molecule has 1 N–H and O–H groups in total. The van der Waals surface area contributed by atoms with Crippen molar-refractivity contribution >= 4 is 17.5 Å². The molecule has 2 aliphatic rings. The van der Waals surface area contributed by atoms with Crippen LogP contribution in [0.5, 0.6) is 0 Å². The molecule has 1 saturated heterocycles. The molecule has 2 amide bonds. The van der Waals surface area contributed by atoms with Crippen LogP contribution in [0.1, 0.15) is 31.4 Å². The molecule has 1 aromatic rings. The van der Waals surface area contributed by atoms with Crippen molar-refractivity contribution in [2.75, 3.05) is 32.1 Å². The molecule has 0 radical (unpaired) electrons. The van der Waals surface area contributed by atoms with Gasteiger partial charge in [0.1, 0.15) is 5.69 Å². The van der Waals surface area contributed by atoms with E-state index in [-0.39, 0.29) is 35.6 Å². The molecule has 1 aromatic heterocycles. The summed E-state index contributed by atoms with van der Waals surface area (Å²) in [5.74, 6) is 0.334. The van der Waals surface area contributed by atoms with Crippen LogP contribution in [-0.2, 0) is 20.9 Å². The summed E-state index contributed by atoms with van der Waals surface area (Å²) >= 11 is 0. The third kappa shape index (κ3) is 3.21. The zero-order valence-corrected chi connectivity index (χ0v) is 14.1. The lowest BCUT2D eigenvalue weighted by molar-refractivity contribution is -0.131. The van der Waals surface area contributed by atoms with Crippen LogP contribution in [0.25, 0.3) is 0 Å². The van der Waals surface area contributed by atoms with Gasteiger partial charge in [0, 0.05) is 45.3 Å². The van der Waals surface area contributed by atoms with Crippen molar-refractivity contribution < 1.29 is 14.3 Å². The molecule has 2 bridgehead atoms. The predicted octanol–water partition coefficient (Wildman–Crippen LogP) is 0.789. The van der Waals surface area contributed by atoms with E-state index in [2.05, 4.69) is 5.32 Å². The molecule has 3 heterocycles. The average Bonchev–Trinajstić information content (AvgIpc) is 2.55. The number of aromatic nitrogens is 1. The Morgan fingerprint density at radius 2 is 2.08 bits per heavy atom. The number of carbonyl (C=O) groups excluding carboxylic acids is 2. The molecule has 7 nitrogen and oxygen atoms in total. The lowest BCUT2D eigenvalue weighted by atomic mass is 9.83. The number of nitrogens with one attached hydrogen (secondary N) is 1. The van der Waals surface area contributed by atoms with Gasteiger partial charge in [-0.1, -0.05) is 0 Å². The third-order valence-corrected chi connectivity index (χ3v) is 4.86. The number of hydrogen-bond donors (Lipinski definition) is 1. The molecule has 24 heavy (non-hydrogen) atoms. The highest BCUT2D eigenvalue weighted by Crippen LogP contribution is 2.35. The standard InChI is InChI=1S/C17H23N3O4/c1-11(21)19-8-12-7-13(10-19)15-4-3-14(17(23)20(15)9-12)18-16(22)5-6-24-2/h3-4,12-13H,5-10H2,1-2H3,(H,18,22)/t12-,13+/m0/s1. The van der Waals surface area contributed by atoms with Gasteiger partial charge in [0.15, 0.2) is 0 Å². The van der Waals surface area contributed by atoms with E-state index < -0.39 is 0 Å². The highest BCUT2D eigenvalue weighted by molar-refractivity contribution is 5.90. The van der Waals surface area contributed by atoms with Crippen LogP contribution in [0, 0.1) is 5.92 Å². The van der Waals surface area contributed by atoms with Crippen molar-refractivity contribution in [3.05, 3.63) is 28.2 Å². The van der Waals surface area contributed by atoms with Gasteiger partial charge in [-0.05, 0) is 24.5 Å². The second-order valence-corrected chi connectivity index (χ2v) is 6.60. The van der Waals surface area contributed by atoms with Crippen LogP contribution in [0.3, 0.4) is 0 Å². The number of likely N-dealkylation sites (tertiary alicyclic amines) is 1. The summed E-state index contributed by atoms with van der Waals surface area (Å²) in [6.07, 6.45) is 1.22. The fraction of sp³-hybridized carbons (Fsp3) is 0.588. The van der Waals surface area contributed by atoms with E-state index >= 15 is 0 Å². The maximum Gasteiger partial charge on any atom is 0.274 e. The van der Waals surface area contributed by atoms with Crippen LogP contribution < -0.4 is 10.9 Å². The van der Waals surface area contributed by atoms with Gasteiger partial charge in [-0.2, -0.15) is 0 Å². The van der Waals surface area contributed by atoms with Crippen molar-refractivity contribution in [2.24, 2.45) is 5.92 Å². The lowest BCUT2D eigenvalue weighted by Crippen LogP contribution is -2.48. The molecule has 2 aliphatic heterocycles. The summed E-state index contributed by atoms with van der Waals surface area (Å²) < 4.78 is 6.64. The van der Waals surface area contributed by atoms with Crippen molar-refractivity contribution in [3.8, 4) is 0 Å². The second kappa shape index (κ2) is 6.76. The topological polar surface area (TPSA) is 80.6 Å². The Kier molecular flexibility index (Phi) is 4.71. The van der Waals surface area contributed by atoms with Crippen LogP contribution in [0.2, 0.25) is 0 Å². The Balaban J connectivity index is 1.83. The second-order valence-electron chi connectivity index (χ2n) is 6.60. The van der Waals surface area contributed by atoms with Gasteiger partial charge in [0.05, 0.1) is 13.0 Å². The zero-order valence-electron chi connectivity index (χ0n) is 14.1. The molecular formula is C17H23N3O4. The number of fused-ring (bicyclic) bond motifs is 4. The summed E-state index contributed by atoms with van der Waals surface area (Å²) in [6.45, 7) is 3.86. The van der Waals surface area contributed by atoms with E-state index in [1.807, 2.05) is 11.0 Å². The van der Waals surface area contributed by atoms with Gasteiger partial charge < -0.3 is 19.5 Å². The summed E-state index contributed by atoms with van der Waals surface area (Å²) in [5, 5.41) is 2.67. The molecule has 0 unspecified atom stereocenters. The number of pyridine rings is 1. The normalized spacial score (nSPS) is 22.0. The first-order chi connectivity index (χ1) is 11.5. The molecule has 0 aliphatic carbocycles. The number of carbonyl (C=O) groups is 2. The summed E-state index contributed by atoms with van der Waals surface area (Å²) in [5.41, 5.74) is 1.10. The average molecular weight is 333 g/mol. The fourth-order valence-electron chi connectivity index (χ4n) is 3.71. The Hall–Kier alpha value is -2.15. The predicted molar refractivity (Wildman–Crippen MR) is 88.9 cm³/mol. The van der Waals surface area contributed by atoms with E-state index in [0.717, 1.165) is 12.1 Å². The van der Waals surface area contributed by atoms with Crippen molar-refractivity contribution in [1.82, 2.24) is 9.47 Å². The van der Waals surface area contributed by atoms with Crippen LogP contribution in [0.4, 0.5) is 5.69 Å². The molecular weight excluding hydrogens is 310 g/mol. The molecule has 0 spiro atoms. The Labute approximate surface area is 140 Å². The highest BCUT2D eigenvalue weighted by atomic mass is 16.5. The Morgan fingerprint density at radius 3 is 2.79 bits per heavy atom. The number of hydrogen-bond acceptors (Lipinski definition) is 4. The summed E-state index contributed by atoms with van der Waals surface area (Å²) in [6, 6.07) is 3.57. The Bertz CT molecular complexity index is 712. The van der Waals surface area contributed by atoms with Crippen molar-refractivity contribution in [1.29, 1.82) is 0 Å². The minimum Gasteiger partial charge on any atom is -0.384 e. The van der Waals surface area contributed by atoms with Gasteiger partial charge >= 0.3 is 0 Å². The smallest absolute Gasteiger partial charge is 0.274 e. The van der Waals surface area contributed by atoms with Crippen LogP contribution in [0.15, 0.2) is 16.9 Å². The summed E-state index contributed by atoms with van der Waals surface area (Å²) in [7, 11) is 1.53. The number of anilines is 1. The number of methoxy groups -OCH3 is 1. The maximum absolute atomic E-state index is 12.7. The molecule has 130 valence electrons. The van der Waals surface area contributed by atoms with E-state index in [9.17, 15) is 14.4 Å². The first-order valence-corrected chi connectivity index (χ1v) is 8.27. The first-order valence-electron chi connectivity index (χ1n) is 8.27. The number of nitrogens with zero attached hydrogens (tertiary/aromatic N) is 2. The molecule has 0 saturated carbocycles. The minimum atomic E-state index is -0.228. The van der Waals surface area contributed by atoms with Crippen molar-refractivity contribution in [3.63, 3.8) is 0 Å². The van der Waals surface area contributed by atoms with E-state index in [4.69, 9.17) is 4.74 Å². The molecule has 3 rings (SSSR count). The fourth-order valence-corrected chi connectivity index (χ4v) is 3.71. The van der Waals surface area contributed by atoms with Crippen LogP contribution >= 0.6 is 0 Å². The number of ether oxygens (including phenoxy) is 1. The van der Waals surface area contributed by atoms with E-state index in [0.29, 0.717) is 31.9 Å². The van der Waals surface area contributed by atoms with Crippen LogP contribution in [-0.4, -0.2) is 48.1 Å². The molecule has 1 fully saturated rings. The van der Waals surface area contributed by atoms with E-state index in [1.165, 1.54) is 7.11 Å². The molecule has 2 atom stereocenters. The van der Waals surface area contributed by atoms with E-state index in [1.54, 1.807) is 17.6 Å². The SMILES string of the molecule is COCCC(=O)Nc1ccc2n(c1=O)C[C@H]1C[C@@H]2CN(C(C)=O)C1. The number of piperidine rings is 1. The summed E-state index contributed by atoms with van der Waals surface area (Å²) in [4.78, 5) is 38.1. The maximum atomic E-state index is 12.7. The van der Waals surface area contributed by atoms with Gasteiger partial charge in [-0.25, -0.2) is 0 Å². The number of amides is 2. The highest BCUT2D eigenvalue weighted by Gasteiger charge is 2.35.